The summed E-state index contributed by atoms with van der Waals surface area (Å²) in [5.41, 5.74) is 0.264. The Kier molecular flexibility index (Phi) is 5.75. The maximum absolute atomic E-state index is 11.6. The molecule has 0 heterocycles. The summed E-state index contributed by atoms with van der Waals surface area (Å²) in [4.78, 5) is 0. The summed E-state index contributed by atoms with van der Waals surface area (Å²) in [7, 11) is 0. The topological polar surface area (TPSA) is 40.5 Å². The second kappa shape index (κ2) is 7.36. The van der Waals surface area contributed by atoms with E-state index < -0.39 is 0 Å². The normalized spacial score (nSPS) is 57.2. The summed E-state index contributed by atoms with van der Waals surface area (Å²) < 4.78 is 0.198. The Bertz CT molecular complexity index is 595. The molecule has 162 valence electrons. The molecule has 0 aromatic carbocycles. The Balaban J connectivity index is 1.69. The first kappa shape index (κ1) is 21.9. The number of fused-ring (bicyclic) bond motifs is 5. The van der Waals surface area contributed by atoms with Gasteiger partial charge < -0.3 is 10.2 Å². The van der Waals surface area contributed by atoms with Crippen LogP contribution in [0.5, 0.6) is 0 Å². The van der Waals surface area contributed by atoms with E-state index in [2.05, 4.69) is 57.2 Å². The van der Waals surface area contributed by atoms with Gasteiger partial charge in [0.15, 0.2) is 0 Å². The van der Waals surface area contributed by atoms with E-state index in [4.69, 9.17) is 0 Å². The number of hydrogen-bond acceptors (Lipinski definition) is 2. The highest BCUT2D eigenvalue weighted by Gasteiger charge is 2.68. The van der Waals surface area contributed by atoms with E-state index in [1.54, 1.807) is 0 Å². The average molecular weight is 503 g/mol. The van der Waals surface area contributed by atoms with Crippen molar-refractivity contribution in [2.45, 2.75) is 108 Å². The lowest BCUT2D eigenvalue weighted by Gasteiger charge is -2.66. The van der Waals surface area contributed by atoms with Gasteiger partial charge in [-0.3, -0.25) is 0 Å². The number of hydrogen-bond donors (Lipinski definition) is 2. The van der Waals surface area contributed by atoms with Gasteiger partial charge >= 0.3 is 0 Å². The highest BCUT2D eigenvalue weighted by Crippen LogP contribution is 2.71. The third-order valence-corrected chi connectivity index (χ3v) is 12.7. The molecule has 4 fully saturated rings. The van der Waals surface area contributed by atoms with Crippen molar-refractivity contribution in [2.75, 3.05) is 0 Å². The molecule has 2 nitrogen and oxygen atoms in total. The minimum atomic E-state index is -0.201. The predicted octanol–water partition coefficient (Wildman–Crippen LogP) is 6.22. The standard InChI is InChI=1S/C25H43IO2/c1-6-7-16(3)17-8-9-18-22-19(12-21(28)24(17,18)5)23(4)11-10-15(2)13-25(23,26)14-20(22)27/h15-22,27-28H,6-14H2,1-5H3/t15-,16?,17?,18?,19?,20?,21?,22?,23+,24+,25+/m0/s1. The Morgan fingerprint density at radius 1 is 1.07 bits per heavy atom. The number of halogens is 1. The van der Waals surface area contributed by atoms with Crippen molar-refractivity contribution < 1.29 is 10.2 Å². The minimum Gasteiger partial charge on any atom is -0.393 e. The van der Waals surface area contributed by atoms with Gasteiger partial charge in [0.05, 0.1) is 12.2 Å². The van der Waals surface area contributed by atoms with E-state index >= 15 is 0 Å². The molecule has 0 amide bonds. The lowest BCUT2D eigenvalue weighted by Crippen LogP contribution is -2.66. The fourth-order valence-corrected chi connectivity index (χ4v) is 10.9. The van der Waals surface area contributed by atoms with Crippen LogP contribution in [-0.2, 0) is 0 Å². The predicted molar refractivity (Wildman–Crippen MR) is 124 cm³/mol. The zero-order valence-corrected chi connectivity index (χ0v) is 20.9. The fraction of sp³-hybridized carbons (Fsp3) is 1.00. The van der Waals surface area contributed by atoms with Crippen LogP contribution in [0.25, 0.3) is 0 Å². The Labute approximate surface area is 186 Å². The van der Waals surface area contributed by atoms with Gasteiger partial charge in [-0.25, -0.2) is 0 Å². The third-order valence-electron chi connectivity index (χ3n) is 10.6. The molecular weight excluding hydrogens is 459 g/mol. The van der Waals surface area contributed by atoms with Gasteiger partial charge in [-0.1, -0.05) is 76.5 Å². The van der Waals surface area contributed by atoms with Gasteiger partial charge in [-0.2, -0.15) is 0 Å². The summed E-state index contributed by atoms with van der Waals surface area (Å²) >= 11 is 2.74. The number of aliphatic hydroxyl groups excluding tert-OH is 2. The van der Waals surface area contributed by atoms with E-state index in [0.29, 0.717) is 29.6 Å². The van der Waals surface area contributed by atoms with Gasteiger partial charge in [0.2, 0.25) is 0 Å². The van der Waals surface area contributed by atoms with E-state index in [0.717, 1.165) is 18.8 Å². The average Bonchev–Trinajstić information content (AvgIpc) is 2.96. The molecule has 4 aliphatic rings. The fourth-order valence-electron chi connectivity index (χ4n) is 9.02. The molecule has 0 aliphatic heterocycles. The number of alkyl halides is 1. The summed E-state index contributed by atoms with van der Waals surface area (Å²) in [6.07, 6.45) is 10.3. The Morgan fingerprint density at radius 2 is 1.79 bits per heavy atom. The first-order valence-electron chi connectivity index (χ1n) is 12.1. The van der Waals surface area contributed by atoms with Crippen molar-refractivity contribution in [1.29, 1.82) is 0 Å². The molecule has 4 saturated carbocycles. The first-order valence-corrected chi connectivity index (χ1v) is 13.2. The lowest BCUT2D eigenvalue weighted by atomic mass is 9.42. The zero-order chi connectivity index (χ0) is 20.5. The van der Waals surface area contributed by atoms with Crippen LogP contribution < -0.4 is 0 Å². The summed E-state index contributed by atoms with van der Waals surface area (Å²) in [5.74, 6) is 3.44. The van der Waals surface area contributed by atoms with Crippen LogP contribution in [0.15, 0.2) is 0 Å². The van der Waals surface area contributed by atoms with E-state index in [1.807, 2.05) is 0 Å². The van der Waals surface area contributed by atoms with Crippen molar-refractivity contribution in [3.63, 3.8) is 0 Å². The SMILES string of the molecule is CCCC(C)C1CCC2C3C(O)C[C@]4(I)C[C@@H](C)CC[C@]4(C)C3CC(O)[C@]12C. The quantitative estimate of drug-likeness (QED) is 0.356. The van der Waals surface area contributed by atoms with Crippen molar-refractivity contribution >= 4 is 22.6 Å². The second-order valence-electron chi connectivity index (χ2n) is 11.9. The Hall–Kier alpha value is 0.650. The molecule has 11 atom stereocenters. The molecule has 4 aliphatic carbocycles. The molecular formula is C25H43IO2. The van der Waals surface area contributed by atoms with Gasteiger partial charge in [-0.05, 0) is 84.9 Å². The van der Waals surface area contributed by atoms with Gasteiger partial charge in [-0.15, -0.1) is 0 Å². The number of aliphatic hydroxyl groups is 2. The molecule has 3 heteroatoms. The maximum atomic E-state index is 11.6. The monoisotopic (exact) mass is 502 g/mol. The molecule has 7 unspecified atom stereocenters. The van der Waals surface area contributed by atoms with Crippen molar-refractivity contribution in [1.82, 2.24) is 0 Å². The van der Waals surface area contributed by atoms with Crippen molar-refractivity contribution in [3.8, 4) is 0 Å². The van der Waals surface area contributed by atoms with E-state index in [1.165, 1.54) is 44.9 Å². The van der Waals surface area contributed by atoms with Crippen LogP contribution >= 0.6 is 22.6 Å². The third kappa shape index (κ3) is 2.91. The second-order valence-corrected chi connectivity index (χ2v) is 13.9. The van der Waals surface area contributed by atoms with Crippen LogP contribution in [0.1, 0.15) is 92.4 Å². The van der Waals surface area contributed by atoms with Crippen LogP contribution in [0.3, 0.4) is 0 Å². The molecule has 0 bridgehead atoms. The van der Waals surface area contributed by atoms with Crippen molar-refractivity contribution in [3.05, 3.63) is 0 Å². The van der Waals surface area contributed by atoms with Gasteiger partial charge in [0.1, 0.15) is 0 Å². The molecule has 0 spiro atoms. The van der Waals surface area contributed by atoms with Crippen LogP contribution in [0.4, 0.5) is 0 Å². The van der Waals surface area contributed by atoms with Crippen LogP contribution in [-0.4, -0.2) is 25.8 Å². The smallest absolute Gasteiger partial charge is 0.0602 e. The van der Waals surface area contributed by atoms with E-state index in [9.17, 15) is 10.2 Å². The summed E-state index contributed by atoms with van der Waals surface area (Å²) in [5, 5.41) is 23.1. The molecule has 2 N–H and O–H groups in total. The summed E-state index contributed by atoms with van der Waals surface area (Å²) in [6.45, 7) is 12.0. The van der Waals surface area contributed by atoms with Gasteiger partial charge in [0, 0.05) is 3.42 Å². The zero-order valence-electron chi connectivity index (χ0n) is 18.8. The largest absolute Gasteiger partial charge is 0.393 e. The summed E-state index contributed by atoms with van der Waals surface area (Å²) in [6, 6.07) is 0. The molecule has 4 rings (SSSR count). The highest BCUT2D eigenvalue weighted by molar-refractivity contribution is 14.1. The number of rotatable bonds is 3. The highest BCUT2D eigenvalue weighted by atomic mass is 127. The molecule has 0 saturated heterocycles. The maximum Gasteiger partial charge on any atom is 0.0602 e. The van der Waals surface area contributed by atoms with Crippen molar-refractivity contribution in [2.24, 2.45) is 46.3 Å². The van der Waals surface area contributed by atoms with Crippen LogP contribution in [0.2, 0.25) is 0 Å². The minimum absolute atomic E-state index is 0.000322. The molecule has 0 aromatic rings. The Morgan fingerprint density at radius 3 is 2.46 bits per heavy atom. The van der Waals surface area contributed by atoms with Crippen LogP contribution in [0, 0.1) is 46.3 Å². The van der Waals surface area contributed by atoms with E-state index in [-0.39, 0.29) is 26.5 Å². The van der Waals surface area contributed by atoms with Gasteiger partial charge in [0.25, 0.3) is 0 Å². The molecule has 0 radical (unpaired) electrons. The molecule has 28 heavy (non-hydrogen) atoms. The molecule has 0 aromatic heterocycles. The lowest BCUT2D eigenvalue weighted by molar-refractivity contribution is -0.193. The first-order chi connectivity index (χ1) is 13.1.